The molecule has 1 N–H and O–H groups in total. The number of ether oxygens (including phenoxy) is 1. The smallest absolute Gasteiger partial charge is 0.168 e. The standard InChI is InChI=1S/C13H17ClFNO/c1-17-12-7-11(14)6-10(13(12)15)5-9-3-2-4-16-8-9/h6-7,9,16H,2-5,8H2,1H3. The lowest BCUT2D eigenvalue weighted by molar-refractivity contribution is 0.361. The maximum Gasteiger partial charge on any atom is 0.168 e. The van der Waals surface area contributed by atoms with E-state index in [-0.39, 0.29) is 11.6 Å². The lowest BCUT2D eigenvalue weighted by Crippen LogP contribution is -2.31. The molecule has 2 nitrogen and oxygen atoms in total. The fourth-order valence-corrected chi connectivity index (χ4v) is 2.56. The van der Waals surface area contributed by atoms with Crippen molar-refractivity contribution in [2.24, 2.45) is 5.92 Å². The van der Waals surface area contributed by atoms with Gasteiger partial charge in [-0.15, -0.1) is 0 Å². The van der Waals surface area contributed by atoms with E-state index in [0.29, 0.717) is 16.5 Å². The van der Waals surface area contributed by atoms with Crippen molar-refractivity contribution in [2.45, 2.75) is 19.3 Å². The Hall–Kier alpha value is -0.800. The first-order valence-corrected chi connectivity index (χ1v) is 6.31. The van der Waals surface area contributed by atoms with Crippen molar-refractivity contribution in [3.63, 3.8) is 0 Å². The second-order valence-corrected chi connectivity index (χ2v) is 4.93. The maximum absolute atomic E-state index is 14.0. The number of hydrogen-bond donors (Lipinski definition) is 1. The molecule has 0 aromatic heterocycles. The van der Waals surface area contributed by atoms with E-state index in [1.165, 1.54) is 13.2 Å². The van der Waals surface area contributed by atoms with Crippen LogP contribution >= 0.6 is 11.6 Å². The second-order valence-electron chi connectivity index (χ2n) is 4.50. The highest BCUT2D eigenvalue weighted by Gasteiger charge is 2.18. The van der Waals surface area contributed by atoms with Crippen LogP contribution in [0.25, 0.3) is 0 Å². The summed E-state index contributed by atoms with van der Waals surface area (Å²) in [7, 11) is 1.46. The molecular weight excluding hydrogens is 241 g/mol. The van der Waals surface area contributed by atoms with Gasteiger partial charge in [-0.3, -0.25) is 0 Å². The molecule has 4 heteroatoms. The van der Waals surface area contributed by atoms with E-state index in [9.17, 15) is 4.39 Å². The number of rotatable bonds is 3. The van der Waals surface area contributed by atoms with Crippen molar-refractivity contribution in [1.82, 2.24) is 5.32 Å². The second kappa shape index (κ2) is 5.69. The average Bonchev–Trinajstić information content (AvgIpc) is 2.34. The summed E-state index contributed by atoms with van der Waals surface area (Å²) in [5, 5.41) is 3.86. The van der Waals surface area contributed by atoms with Crippen LogP contribution in [0.15, 0.2) is 12.1 Å². The fourth-order valence-electron chi connectivity index (χ4n) is 2.32. The maximum atomic E-state index is 14.0. The quantitative estimate of drug-likeness (QED) is 0.899. The highest BCUT2D eigenvalue weighted by Crippen LogP contribution is 2.28. The number of methoxy groups -OCH3 is 1. The fraction of sp³-hybridized carbons (Fsp3) is 0.538. The zero-order valence-electron chi connectivity index (χ0n) is 9.93. The van der Waals surface area contributed by atoms with Crippen molar-refractivity contribution in [3.05, 3.63) is 28.5 Å². The van der Waals surface area contributed by atoms with E-state index in [1.54, 1.807) is 6.07 Å². The zero-order valence-corrected chi connectivity index (χ0v) is 10.7. The number of piperidine rings is 1. The summed E-state index contributed by atoms with van der Waals surface area (Å²) in [4.78, 5) is 0. The van der Waals surface area contributed by atoms with Gasteiger partial charge in [-0.05, 0) is 49.9 Å². The highest BCUT2D eigenvalue weighted by molar-refractivity contribution is 6.30. The molecule has 1 fully saturated rings. The minimum Gasteiger partial charge on any atom is -0.494 e. The van der Waals surface area contributed by atoms with E-state index in [4.69, 9.17) is 16.3 Å². The normalized spacial score (nSPS) is 20.3. The predicted molar refractivity (Wildman–Crippen MR) is 67.3 cm³/mol. The summed E-state index contributed by atoms with van der Waals surface area (Å²) >= 11 is 5.96. The molecule has 1 atom stereocenters. The number of halogens is 2. The molecule has 1 saturated heterocycles. The van der Waals surface area contributed by atoms with Gasteiger partial charge >= 0.3 is 0 Å². The van der Waals surface area contributed by atoms with E-state index >= 15 is 0 Å². The summed E-state index contributed by atoms with van der Waals surface area (Å²) < 4.78 is 19.0. The minimum absolute atomic E-state index is 0.233. The van der Waals surface area contributed by atoms with Crippen molar-refractivity contribution in [2.75, 3.05) is 20.2 Å². The van der Waals surface area contributed by atoms with Gasteiger partial charge in [0.2, 0.25) is 0 Å². The summed E-state index contributed by atoms with van der Waals surface area (Å²) in [5.41, 5.74) is 0.656. The molecule has 1 aromatic rings. The van der Waals surface area contributed by atoms with Crippen molar-refractivity contribution >= 4 is 11.6 Å². The van der Waals surface area contributed by atoms with Crippen LogP contribution in [0.4, 0.5) is 4.39 Å². The number of hydrogen-bond acceptors (Lipinski definition) is 2. The van der Waals surface area contributed by atoms with Gasteiger partial charge in [0.1, 0.15) is 0 Å². The molecule has 1 heterocycles. The highest BCUT2D eigenvalue weighted by atomic mass is 35.5. The van der Waals surface area contributed by atoms with Gasteiger partial charge in [-0.25, -0.2) is 4.39 Å². The van der Waals surface area contributed by atoms with Gasteiger partial charge < -0.3 is 10.1 Å². The van der Waals surface area contributed by atoms with Crippen LogP contribution in [0, 0.1) is 11.7 Å². The van der Waals surface area contributed by atoms with E-state index in [0.717, 1.165) is 32.4 Å². The molecule has 0 spiro atoms. The van der Waals surface area contributed by atoms with Gasteiger partial charge in [-0.2, -0.15) is 0 Å². The molecule has 0 aliphatic carbocycles. The van der Waals surface area contributed by atoms with Gasteiger partial charge in [0, 0.05) is 11.1 Å². The SMILES string of the molecule is COc1cc(Cl)cc(CC2CCCNC2)c1F. The zero-order chi connectivity index (χ0) is 12.3. The van der Waals surface area contributed by atoms with Crippen LogP contribution < -0.4 is 10.1 Å². The third-order valence-corrected chi connectivity index (χ3v) is 3.43. The van der Waals surface area contributed by atoms with Crippen LogP contribution in [0.5, 0.6) is 5.75 Å². The van der Waals surface area contributed by atoms with Crippen molar-refractivity contribution in [1.29, 1.82) is 0 Å². The molecule has 1 aromatic carbocycles. The van der Waals surface area contributed by atoms with Crippen LogP contribution in [-0.4, -0.2) is 20.2 Å². The van der Waals surface area contributed by atoms with Gasteiger partial charge in [0.15, 0.2) is 11.6 Å². The lowest BCUT2D eigenvalue weighted by Gasteiger charge is -2.23. The average molecular weight is 258 g/mol. The van der Waals surface area contributed by atoms with Crippen LogP contribution in [0.3, 0.4) is 0 Å². The molecule has 1 aliphatic heterocycles. The predicted octanol–water partition coefficient (Wildman–Crippen LogP) is 3.03. The Labute approximate surface area is 106 Å². The molecule has 0 amide bonds. The van der Waals surface area contributed by atoms with Crippen molar-refractivity contribution < 1.29 is 9.13 Å². The molecule has 0 saturated carbocycles. The Morgan fingerprint density at radius 3 is 3.00 bits per heavy atom. The summed E-state index contributed by atoms with van der Waals surface area (Å²) in [6.07, 6.45) is 3.01. The largest absolute Gasteiger partial charge is 0.494 e. The molecule has 0 bridgehead atoms. The lowest BCUT2D eigenvalue weighted by atomic mass is 9.92. The van der Waals surface area contributed by atoms with E-state index in [2.05, 4.69) is 5.32 Å². The topological polar surface area (TPSA) is 21.3 Å². The van der Waals surface area contributed by atoms with Gasteiger partial charge in [0.25, 0.3) is 0 Å². The molecule has 0 radical (unpaired) electrons. The molecule has 1 aliphatic rings. The Bertz CT molecular complexity index is 391. The first kappa shape index (κ1) is 12.7. The summed E-state index contributed by atoms with van der Waals surface area (Å²) in [5.74, 6) is 0.445. The third kappa shape index (κ3) is 3.11. The van der Waals surface area contributed by atoms with E-state index in [1.807, 2.05) is 0 Å². The Morgan fingerprint density at radius 2 is 2.35 bits per heavy atom. The summed E-state index contributed by atoms with van der Waals surface area (Å²) in [6.45, 7) is 2.02. The monoisotopic (exact) mass is 257 g/mol. The van der Waals surface area contributed by atoms with Crippen LogP contribution in [0.1, 0.15) is 18.4 Å². The molecule has 17 heavy (non-hydrogen) atoms. The Balaban J connectivity index is 2.16. The van der Waals surface area contributed by atoms with E-state index < -0.39 is 0 Å². The van der Waals surface area contributed by atoms with Crippen molar-refractivity contribution in [3.8, 4) is 5.75 Å². The Morgan fingerprint density at radius 1 is 1.53 bits per heavy atom. The summed E-state index contributed by atoms with van der Waals surface area (Å²) in [6, 6.07) is 3.22. The minimum atomic E-state index is -0.275. The molecular formula is C13H17ClFNO. The van der Waals surface area contributed by atoms with Gasteiger partial charge in [-0.1, -0.05) is 11.6 Å². The van der Waals surface area contributed by atoms with Gasteiger partial charge in [0.05, 0.1) is 7.11 Å². The van der Waals surface area contributed by atoms with Crippen LogP contribution in [0.2, 0.25) is 5.02 Å². The first-order valence-electron chi connectivity index (χ1n) is 5.93. The Kier molecular flexibility index (Phi) is 4.24. The molecule has 1 unspecified atom stereocenters. The number of nitrogens with one attached hydrogen (secondary N) is 1. The van der Waals surface area contributed by atoms with Crippen LogP contribution in [-0.2, 0) is 6.42 Å². The molecule has 94 valence electrons. The number of benzene rings is 1. The third-order valence-electron chi connectivity index (χ3n) is 3.21. The first-order chi connectivity index (χ1) is 8.20. The molecule has 2 rings (SSSR count).